The topological polar surface area (TPSA) is 111 Å². The molecule has 0 saturated heterocycles. The Bertz CT molecular complexity index is 1590. The fourth-order valence-electron chi connectivity index (χ4n) is 11.2. The molecular formula is C76H144NO8P. The molecular weight excluding hydrogens is 1090 g/mol. The van der Waals surface area contributed by atoms with E-state index in [1.165, 1.54) is 283 Å². The van der Waals surface area contributed by atoms with Gasteiger partial charge in [0, 0.05) is 12.8 Å². The Hall–Kier alpha value is -2.03. The SMILES string of the molecule is CC/C=C\C/C=C\C/C=C\C/C=C\CCCCCCCCCCCCCCCCCCCCCCC(=O)OC(COC(=O)CCCCCCCCCCCCCCCCCCCCCCCCCCCCCCC)COP(=O)([O-])OCC[N+](C)(C)C. The van der Waals surface area contributed by atoms with E-state index in [1.54, 1.807) is 0 Å². The number of allylic oxidation sites excluding steroid dienone is 8. The van der Waals surface area contributed by atoms with Crippen LogP contribution in [-0.2, 0) is 32.7 Å². The van der Waals surface area contributed by atoms with Crippen molar-refractivity contribution in [2.45, 2.75) is 380 Å². The summed E-state index contributed by atoms with van der Waals surface area (Å²) in [7, 11) is 1.19. The summed E-state index contributed by atoms with van der Waals surface area (Å²) in [5.74, 6) is -0.809. The first-order valence-corrected chi connectivity index (χ1v) is 38.8. The van der Waals surface area contributed by atoms with E-state index in [9.17, 15) is 19.0 Å². The summed E-state index contributed by atoms with van der Waals surface area (Å²) in [6.45, 7) is 4.20. The van der Waals surface area contributed by atoms with Crippen LogP contribution in [0.3, 0.4) is 0 Å². The molecule has 0 rings (SSSR count). The zero-order valence-corrected chi connectivity index (χ0v) is 58.7. The molecule has 506 valence electrons. The lowest BCUT2D eigenvalue weighted by atomic mass is 10.0. The summed E-state index contributed by atoms with van der Waals surface area (Å²) in [4.78, 5) is 38.1. The summed E-state index contributed by atoms with van der Waals surface area (Å²) in [5.41, 5.74) is 0. The highest BCUT2D eigenvalue weighted by Crippen LogP contribution is 2.38. The standard InChI is InChI=1S/C76H144NO8P/c1-6-8-10-12-14-16-18-20-22-24-26-28-30-32-34-36-37-38-39-41-43-45-47-49-51-53-55-57-59-61-63-65-67-69-76(79)85-74(73-84-86(80,81)83-71-70-77(3,4)5)72-82-75(78)68-66-64-62-60-58-56-54-52-50-48-46-44-42-40-35-33-31-29-27-25-23-21-19-17-15-13-11-9-7-2/h8,10,14,16,20,22,26,28,74H,6-7,9,11-13,15,17-19,21,23-25,27,29-73H2,1-5H3/b10-8-,16-14-,22-20-,28-26-. The van der Waals surface area contributed by atoms with Gasteiger partial charge in [-0.05, 0) is 51.4 Å². The molecule has 0 N–H and O–H groups in total. The average Bonchev–Trinajstić information content (AvgIpc) is 3.70. The third-order valence-corrected chi connectivity index (χ3v) is 17.8. The Morgan fingerprint density at radius 3 is 0.988 bits per heavy atom. The molecule has 0 aliphatic rings. The minimum absolute atomic E-state index is 0.0278. The second-order valence-corrected chi connectivity index (χ2v) is 28.1. The van der Waals surface area contributed by atoms with E-state index >= 15 is 0 Å². The van der Waals surface area contributed by atoms with Gasteiger partial charge in [0.25, 0.3) is 7.82 Å². The maximum atomic E-state index is 12.9. The molecule has 0 bridgehead atoms. The van der Waals surface area contributed by atoms with Gasteiger partial charge < -0.3 is 27.9 Å². The maximum absolute atomic E-state index is 12.9. The lowest BCUT2D eigenvalue weighted by Gasteiger charge is -2.28. The fourth-order valence-corrected chi connectivity index (χ4v) is 11.9. The van der Waals surface area contributed by atoms with Crippen LogP contribution >= 0.6 is 7.82 Å². The van der Waals surface area contributed by atoms with Gasteiger partial charge in [0.05, 0.1) is 27.7 Å². The fraction of sp³-hybridized carbons (Fsp3) is 0.868. The highest BCUT2D eigenvalue weighted by Gasteiger charge is 2.22. The first-order chi connectivity index (χ1) is 42.0. The molecule has 0 spiro atoms. The first kappa shape index (κ1) is 84.0. The van der Waals surface area contributed by atoms with Crippen LogP contribution in [0.5, 0.6) is 0 Å². The molecule has 9 nitrogen and oxygen atoms in total. The van der Waals surface area contributed by atoms with Crippen molar-refractivity contribution in [2.24, 2.45) is 0 Å². The molecule has 86 heavy (non-hydrogen) atoms. The van der Waals surface area contributed by atoms with Crippen LogP contribution in [0, 0.1) is 0 Å². The van der Waals surface area contributed by atoms with E-state index in [4.69, 9.17) is 18.5 Å². The van der Waals surface area contributed by atoms with Crippen LogP contribution in [0.1, 0.15) is 373 Å². The zero-order valence-electron chi connectivity index (χ0n) is 57.8. The Balaban J connectivity index is 3.95. The monoisotopic (exact) mass is 1230 g/mol. The molecule has 2 atom stereocenters. The molecule has 0 saturated carbocycles. The van der Waals surface area contributed by atoms with E-state index in [2.05, 4.69) is 62.5 Å². The minimum Gasteiger partial charge on any atom is -0.756 e. The number of nitrogens with zero attached hydrogens (tertiary/aromatic N) is 1. The average molecular weight is 1230 g/mol. The molecule has 0 aromatic rings. The Morgan fingerprint density at radius 1 is 0.372 bits per heavy atom. The number of ether oxygens (including phenoxy) is 2. The summed E-state index contributed by atoms with van der Waals surface area (Å²) in [5, 5.41) is 0. The molecule has 0 aromatic heterocycles. The van der Waals surface area contributed by atoms with Gasteiger partial charge in [-0.2, -0.15) is 0 Å². The maximum Gasteiger partial charge on any atom is 0.306 e. The third-order valence-electron chi connectivity index (χ3n) is 16.9. The zero-order chi connectivity index (χ0) is 62.6. The predicted molar refractivity (Wildman–Crippen MR) is 370 cm³/mol. The van der Waals surface area contributed by atoms with Crippen LogP contribution in [0.4, 0.5) is 0 Å². The number of unbranched alkanes of at least 4 members (excludes halogenated alkanes) is 48. The van der Waals surface area contributed by atoms with Gasteiger partial charge in [-0.1, -0.05) is 358 Å². The van der Waals surface area contributed by atoms with Crippen molar-refractivity contribution in [1.29, 1.82) is 0 Å². The van der Waals surface area contributed by atoms with Crippen molar-refractivity contribution in [1.82, 2.24) is 0 Å². The van der Waals surface area contributed by atoms with Crippen molar-refractivity contribution >= 4 is 19.8 Å². The molecule has 0 radical (unpaired) electrons. The highest BCUT2D eigenvalue weighted by molar-refractivity contribution is 7.45. The van der Waals surface area contributed by atoms with Crippen molar-refractivity contribution in [2.75, 3.05) is 47.5 Å². The van der Waals surface area contributed by atoms with Crippen LogP contribution in [-0.4, -0.2) is 70.0 Å². The minimum atomic E-state index is -4.64. The van der Waals surface area contributed by atoms with Crippen molar-refractivity contribution in [3.63, 3.8) is 0 Å². The molecule has 0 aliphatic heterocycles. The number of phosphoric ester groups is 1. The van der Waals surface area contributed by atoms with E-state index in [1.807, 2.05) is 21.1 Å². The van der Waals surface area contributed by atoms with Gasteiger partial charge in [0.2, 0.25) is 0 Å². The smallest absolute Gasteiger partial charge is 0.306 e. The molecule has 0 amide bonds. The molecule has 0 aromatic carbocycles. The van der Waals surface area contributed by atoms with Gasteiger partial charge in [-0.3, -0.25) is 14.2 Å². The van der Waals surface area contributed by atoms with Crippen molar-refractivity contribution in [3.8, 4) is 0 Å². The number of carbonyl (C=O) groups excluding carboxylic acids is 2. The third kappa shape index (κ3) is 71.1. The summed E-state index contributed by atoms with van der Waals surface area (Å²) in [6, 6.07) is 0. The van der Waals surface area contributed by atoms with Gasteiger partial charge in [-0.15, -0.1) is 0 Å². The number of quaternary nitrogens is 1. The van der Waals surface area contributed by atoms with Gasteiger partial charge in [0.1, 0.15) is 19.8 Å². The molecule has 10 heteroatoms. The number of carbonyl (C=O) groups is 2. The molecule has 2 unspecified atom stereocenters. The second kappa shape index (κ2) is 67.4. The largest absolute Gasteiger partial charge is 0.756 e. The predicted octanol–water partition coefficient (Wildman–Crippen LogP) is 23.8. The summed E-state index contributed by atoms with van der Waals surface area (Å²) in [6.07, 6.45) is 87.9. The quantitative estimate of drug-likeness (QED) is 0.0195. The van der Waals surface area contributed by atoms with Crippen LogP contribution in [0.2, 0.25) is 0 Å². The number of rotatable bonds is 70. The highest BCUT2D eigenvalue weighted by atomic mass is 31.2. The Labute approximate surface area is 534 Å². The first-order valence-electron chi connectivity index (χ1n) is 37.3. The lowest BCUT2D eigenvalue weighted by Crippen LogP contribution is -2.37. The second-order valence-electron chi connectivity index (χ2n) is 26.6. The molecule has 0 aliphatic carbocycles. The normalized spacial score (nSPS) is 13.3. The van der Waals surface area contributed by atoms with Crippen LogP contribution in [0.25, 0.3) is 0 Å². The van der Waals surface area contributed by atoms with Crippen molar-refractivity contribution < 1.29 is 42.1 Å². The number of esters is 2. The van der Waals surface area contributed by atoms with E-state index in [-0.39, 0.29) is 32.0 Å². The van der Waals surface area contributed by atoms with Gasteiger partial charge in [-0.25, -0.2) is 0 Å². The van der Waals surface area contributed by atoms with E-state index in [0.29, 0.717) is 17.4 Å². The lowest BCUT2D eigenvalue weighted by molar-refractivity contribution is -0.870. The van der Waals surface area contributed by atoms with Crippen LogP contribution in [0.15, 0.2) is 48.6 Å². The molecule has 0 fully saturated rings. The van der Waals surface area contributed by atoms with Gasteiger partial charge >= 0.3 is 11.9 Å². The summed E-state index contributed by atoms with van der Waals surface area (Å²) < 4.78 is 34.4. The number of likely N-dealkylation sites (N-methyl/N-ethyl adjacent to an activating group) is 1. The van der Waals surface area contributed by atoms with E-state index < -0.39 is 26.5 Å². The van der Waals surface area contributed by atoms with Crippen LogP contribution < -0.4 is 4.89 Å². The Kier molecular flexibility index (Phi) is 65.8. The summed E-state index contributed by atoms with van der Waals surface area (Å²) >= 11 is 0. The van der Waals surface area contributed by atoms with Crippen molar-refractivity contribution in [3.05, 3.63) is 48.6 Å². The number of phosphoric acid groups is 1. The Morgan fingerprint density at radius 2 is 0.663 bits per heavy atom. The molecule has 0 heterocycles. The number of hydrogen-bond acceptors (Lipinski definition) is 8. The van der Waals surface area contributed by atoms with E-state index in [0.717, 1.165) is 57.8 Å². The van der Waals surface area contributed by atoms with Gasteiger partial charge in [0.15, 0.2) is 6.10 Å². The number of hydrogen-bond donors (Lipinski definition) is 0.